The smallest absolute Gasteiger partial charge is 0.231 e. The topological polar surface area (TPSA) is 64.4 Å². The first-order valence-electron chi connectivity index (χ1n) is 5.72. The molecule has 1 aromatic rings. The van der Waals surface area contributed by atoms with Crippen molar-refractivity contribution in [3.8, 4) is 5.75 Å². The van der Waals surface area contributed by atoms with E-state index in [1.165, 1.54) is 0 Å². The molecule has 0 radical (unpaired) electrons. The maximum Gasteiger partial charge on any atom is 0.231 e. The van der Waals surface area contributed by atoms with Gasteiger partial charge in [0.15, 0.2) is 0 Å². The quantitative estimate of drug-likeness (QED) is 0.822. The third-order valence-corrected chi connectivity index (χ3v) is 3.13. The second-order valence-electron chi connectivity index (χ2n) is 4.27. The lowest BCUT2D eigenvalue weighted by atomic mass is 9.86. The zero-order valence-electron chi connectivity index (χ0n) is 10.6. The Kier molecular flexibility index (Phi) is 4.52. The van der Waals surface area contributed by atoms with Crippen molar-refractivity contribution in [3.63, 3.8) is 0 Å². The van der Waals surface area contributed by atoms with E-state index in [0.29, 0.717) is 24.4 Å². The molecule has 4 heteroatoms. The fourth-order valence-electron chi connectivity index (χ4n) is 1.42. The standard InChI is InChI=1S/C13H20N2O2/c1-4-13(2,9-14)12(16)15-10-7-5-6-8-11(10)17-3/h5-8H,4,9,14H2,1-3H3,(H,15,16). The lowest BCUT2D eigenvalue weighted by Crippen LogP contribution is -2.39. The summed E-state index contributed by atoms with van der Waals surface area (Å²) < 4.78 is 5.18. The van der Waals surface area contributed by atoms with Crippen LogP contribution in [0.15, 0.2) is 24.3 Å². The number of amides is 1. The lowest BCUT2D eigenvalue weighted by Gasteiger charge is -2.25. The lowest BCUT2D eigenvalue weighted by molar-refractivity contribution is -0.124. The van der Waals surface area contributed by atoms with Crippen LogP contribution in [0.5, 0.6) is 5.75 Å². The van der Waals surface area contributed by atoms with E-state index in [1.54, 1.807) is 13.2 Å². The van der Waals surface area contributed by atoms with Gasteiger partial charge in [0.25, 0.3) is 0 Å². The van der Waals surface area contributed by atoms with Crippen LogP contribution in [0, 0.1) is 5.41 Å². The highest BCUT2D eigenvalue weighted by Gasteiger charge is 2.30. The van der Waals surface area contributed by atoms with Crippen molar-refractivity contribution in [3.05, 3.63) is 24.3 Å². The SMILES string of the molecule is CCC(C)(CN)C(=O)Nc1ccccc1OC. The Morgan fingerprint density at radius 1 is 1.47 bits per heavy atom. The molecule has 0 bridgehead atoms. The van der Waals surface area contributed by atoms with E-state index >= 15 is 0 Å². The van der Waals surface area contributed by atoms with E-state index in [0.717, 1.165) is 0 Å². The summed E-state index contributed by atoms with van der Waals surface area (Å²) in [5.74, 6) is 0.573. The highest BCUT2D eigenvalue weighted by atomic mass is 16.5. The van der Waals surface area contributed by atoms with E-state index in [2.05, 4.69) is 5.32 Å². The molecule has 94 valence electrons. The number of nitrogens with two attached hydrogens (primary N) is 1. The van der Waals surface area contributed by atoms with Crippen molar-refractivity contribution in [2.75, 3.05) is 19.0 Å². The summed E-state index contributed by atoms with van der Waals surface area (Å²) in [4.78, 5) is 12.1. The molecule has 1 unspecified atom stereocenters. The van der Waals surface area contributed by atoms with Crippen LogP contribution >= 0.6 is 0 Å². The summed E-state index contributed by atoms with van der Waals surface area (Å²) in [6, 6.07) is 7.32. The van der Waals surface area contributed by atoms with Crippen LogP contribution in [0.25, 0.3) is 0 Å². The van der Waals surface area contributed by atoms with Crippen molar-refractivity contribution >= 4 is 11.6 Å². The van der Waals surface area contributed by atoms with Gasteiger partial charge in [-0.25, -0.2) is 0 Å². The Labute approximate surface area is 102 Å². The predicted molar refractivity (Wildman–Crippen MR) is 69.1 cm³/mol. The Hall–Kier alpha value is -1.55. The number of benzene rings is 1. The number of carbonyl (C=O) groups excluding carboxylic acids is 1. The summed E-state index contributed by atoms with van der Waals surface area (Å²) in [6.45, 7) is 4.14. The molecule has 1 amide bonds. The number of hydrogen-bond donors (Lipinski definition) is 2. The molecule has 0 aliphatic rings. The van der Waals surface area contributed by atoms with Crippen LogP contribution in [0.1, 0.15) is 20.3 Å². The van der Waals surface area contributed by atoms with Crippen molar-refractivity contribution in [2.45, 2.75) is 20.3 Å². The summed E-state index contributed by atoms with van der Waals surface area (Å²) in [5.41, 5.74) is 5.78. The minimum atomic E-state index is -0.541. The largest absolute Gasteiger partial charge is 0.495 e. The summed E-state index contributed by atoms with van der Waals surface area (Å²) in [6.07, 6.45) is 0.699. The molecule has 1 rings (SSSR count). The second-order valence-corrected chi connectivity index (χ2v) is 4.27. The van der Waals surface area contributed by atoms with Gasteiger partial charge in [-0.15, -0.1) is 0 Å². The zero-order chi connectivity index (χ0) is 12.9. The number of nitrogens with one attached hydrogen (secondary N) is 1. The molecule has 3 N–H and O–H groups in total. The Bertz CT molecular complexity index is 387. The minimum absolute atomic E-state index is 0.0769. The van der Waals surface area contributed by atoms with Gasteiger partial charge in [0, 0.05) is 6.54 Å². The van der Waals surface area contributed by atoms with Gasteiger partial charge in [-0.05, 0) is 25.5 Å². The third-order valence-electron chi connectivity index (χ3n) is 3.13. The van der Waals surface area contributed by atoms with Crippen molar-refractivity contribution in [1.29, 1.82) is 0 Å². The first-order valence-corrected chi connectivity index (χ1v) is 5.72. The average Bonchev–Trinajstić information content (AvgIpc) is 2.38. The molecule has 0 heterocycles. The molecule has 0 fully saturated rings. The van der Waals surface area contributed by atoms with Crippen molar-refractivity contribution in [2.24, 2.45) is 11.1 Å². The van der Waals surface area contributed by atoms with Crippen LogP contribution < -0.4 is 15.8 Å². The summed E-state index contributed by atoms with van der Waals surface area (Å²) in [5, 5.41) is 2.86. The van der Waals surface area contributed by atoms with Gasteiger partial charge in [0.1, 0.15) is 5.75 Å². The van der Waals surface area contributed by atoms with Gasteiger partial charge in [0.2, 0.25) is 5.91 Å². The fourth-order valence-corrected chi connectivity index (χ4v) is 1.42. The normalized spacial score (nSPS) is 13.9. The van der Waals surface area contributed by atoms with Gasteiger partial charge in [-0.3, -0.25) is 4.79 Å². The van der Waals surface area contributed by atoms with Crippen molar-refractivity contribution < 1.29 is 9.53 Å². The van der Waals surface area contributed by atoms with Crippen LogP contribution in [0.3, 0.4) is 0 Å². The van der Waals surface area contributed by atoms with E-state index in [-0.39, 0.29) is 5.91 Å². The summed E-state index contributed by atoms with van der Waals surface area (Å²) >= 11 is 0. The van der Waals surface area contributed by atoms with Crippen LogP contribution in [-0.2, 0) is 4.79 Å². The maximum absolute atomic E-state index is 12.1. The van der Waals surface area contributed by atoms with E-state index in [4.69, 9.17) is 10.5 Å². The molecule has 0 aliphatic carbocycles. The molecule has 0 aliphatic heterocycles. The van der Waals surface area contributed by atoms with Gasteiger partial charge in [0.05, 0.1) is 18.2 Å². The number of para-hydroxylation sites is 2. The number of anilines is 1. The molecule has 1 aromatic carbocycles. The van der Waals surface area contributed by atoms with Crippen molar-refractivity contribution in [1.82, 2.24) is 0 Å². The van der Waals surface area contributed by atoms with E-state index in [1.807, 2.05) is 32.0 Å². The van der Waals surface area contributed by atoms with Crippen LogP contribution in [0.4, 0.5) is 5.69 Å². The van der Waals surface area contributed by atoms with Gasteiger partial charge in [-0.1, -0.05) is 19.1 Å². The number of ether oxygens (including phenoxy) is 1. The molecule has 0 spiro atoms. The third kappa shape index (κ3) is 2.97. The van der Waals surface area contributed by atoms with Gasteiger partial charge in [-0.2, -0.15) is 0 Å². The molecule has 0 aromatic heterocycles. The Morgan fingerprint density at radius 2 is 2.12 bits per heavy atom. The number of methoxy groups -OCH3 is 1. The highest BCUT2D eigenvalue weighted by Crippen LogP contribution is 2.27. The van der Waals surface area contributed by atoms with E-state index in [9.17, 15) is 4.79 Å². The number of carbonyl (C=O) groups is 1. The zero-order valence-corrected chi connectivity index (χ0v) is 10.6. The van der Waals surface area contributed by atoms with Gasteiger partial charge < -0.3 is 15.8 Å². The molecular formula is C13H20N2O2. The first kappa shape index (κ1) is 13.5. The fraction of sp³-hybridized carbons (Fsp3) is 0.462. The predicted octanol–water partition coefficient (Wildman–Crippen LogP) is 2.01. The van der Waals surface area contributed by atoms with Crippen LogP contribution in [0.2, 0.25) is 0 Å². The number of hydrogen-bond acceptors (Lipinski definition) is 3. The van der Waals surface area contributed by atoms with Crippen LogP contribution in [-0.4, -0.2) is 19.6 Å². The Morgan fingerprint density at radius 3 is 2.65 bits per heavy atom. The Balaban J connectivity index is 2.87. The number of rotatable bonds is 5. The van der Waals surface area contributed by atoms with E-state index < -0.39 is 5.41 Å². The average molecular weight is 236 g/mol. The molecule has 0 saturated heterocycles. The molecule has 17 heavy (non-hydrogen) atoms. The molecule has 0 saturated carbocycles. The summed E-state index contributed by atoms with van der Waals surface area (Å²) in [7, 11) is 1.58. The van der Waals surface area contributed by atoms with Gasteiger partial charge >= 0.3 is 0 Å². The second kappa shape index (κ2) is 5.68. The maximum atomic E-state index is 12.1. The molecule has 1 atom stereocenters. The molecular weight excluding hydrogens is 216 g/mol. The monoisotopic (exact) mass is 236 g/mol. The molecule has 4 nitrogen and oxygen atoms in total. The first-order chi connectivity index (χ1) is 8.07. The highest BCUT2D eigenvalue weighted by molar-refractivity contribution is 5.96. The minimum Gasteiger partial charge on any atom is -0.495 e.